The van der Waals surface area contributed by atoms with Crippen molar-refractivity contribution in [2.45, 2.75) is 6.92 Å². The molecule has 49 valence electrons. The molecule has 0 fully saturated rings. The standard InChI is InChI=1S/C9H7O/c1-7-2-3-9-8(6-7)4-5-10-9/h3-6H,1H3. The molecule has 1 heterocycles. The lowest BCUT2D eigenvalue weighted by Crippen LogP contribution is -1.68. The van der Waals surface area contributed by atoms with Gasteiger partial charge in [-0.25, -0.2) is 0 Å². The number of hydrogen-bond donors (Lipinski definition) is 0. The molecule has 0 aliphatic carbocycles. The third-order valence-corrected chi connectivity index (χ3v) is 1.53. The summed E-state index contributed by atoms with van der Waals surface area (Å²) in [5, 5.41) is 1.15. The Kier molecular flexibility index (Phi) is 1.04. The molecule has 1 aromatic carbocycles. The van der Waals surface area contributed by atoms with E-state index >= 15 is 0 Å². The largest absolute Gasteiger partial charge is 0.464 e. The smallest absolute Gasteiger partial charge is 0.134 e. The zero-order valence-electron chi connectivity index (χ0n) is 5.72. The van der Waals surface area contributed by atoms with Crippen molar-refractivity contribution in [1.29, 1.82) is 0 Å². The van der Waals surface area contributed by atoms with E-state index in [-0.39, 0.29) is 0 Å². The van der Waals surface area contributed by atoms with Gasteiger partial charge in [-0.1, -0.05) is 0 Å². The van der Waals surface area contributed by atoms with Gasteiger partial charge < -0.3 is 4.42 Å². The Balaban J connectivity index is 2.86. The first kappa shape index (κ1) is 5.54. The molecule has 0 atom stereocenters. The third kappa shape index (κ3) is 0.711. The van der Waals surface area contributed by atoms with E-state index in [1.165, 1.54) is 0 Å². The normalized spacial score (nSPS) is 10.5. The van der Waals surface area contributed by atoms with Gasteiger partial charge in [0.1, 0.15) is 5.58 Å². The Morgan fingerprint density at radius 3 is 3.30 bits per heavy atom. The van der Waals surface area contributed by atoms with Crippen LogP contribution in [0.4, 0.5) is 0 Å². The SMILES string of the molecule is Cc1[c]cc2occc2c1. The average molecular weight is 131 g/mol. The quantitative estimate of drug-likeness (QED) is 0.535. The van der Waals surface area contributed by atoms with Crippen LogP contribution in [0, 0.1) is 13.0 Å². The van der Waals surface area contributed by atoms with Crippen molar-refractivity contribution in [3.05, 3.63) is 36.1 Å². The lowest BCUT2D eigenvalue weighted by Gasteiger charge is -1.88. The van der Waals surface area contributed by atoms with Crippen LogP contribution < -0.4 is 0 Å². The molecule has 0 aliphatic rings. The van der Waals surface area contributed by atoms with Gasteiger partial charge in [-0.05, 0) is 36.8 Å². The van der Waals surface area contributed by atoms with Crippen molar-refractivity contribution in [2.24, 2.45) is 0 Å². The van der Waals surface area contributed by atoms with Crippen molar-refractivity contribution in [3.8, 4) is 0 Å². The molecule has 0 spiro atoms. The van der Waals surface area contributed by atoms with Gasteiger partial charge in [0, 0.05) is 5.39 Å². The van der Waals surface area contributed by atoms with Crippen LogP contribution in [-0.2, 0) is 0 Å². The van der Waals surface area contributed by atoms with Gasteiger partial charge in [0.15, 0.2) is 0 Å². The highest BCUT2D eigenvalue weighted by Crippen LogP contribution is 2.15. The maximum atomic E-state index is 5.14. The highest BCUT2D eigenvalue weighted by atomic mass is 16.3. The molecule has 0 saturated carbocycles. The fourth-order valence-electron chi connectivity index (χ4n) is 1.02. The van der Waals surface area contributed by atoms with Gasteiger partial charge in [-0.3, -0.25) is 0 Å². The molecule has 1 radical (unpaired) electrons. The number of benzene rings is 1. The van der Waals surface area contributed by atoms with Gasteiger partial charge in [0.05, 0.1) is 6.26 Å². The highest BCUT2D eigenvalue weighted by molar-refractivity contribution is 5.77. The fourth-order valence-corrected chi connectivity index (χ4v) is 1.02. The minimum Gasteiger partial charge on any atom is -0.464 e. The summed E-state index contributed by atoms with van der Waals surface area (Å²) in [6.45, 7) is 2.02. The Bertz CT molecular complexity index is 346. The summed E-state index contributed by atoms with van der Waals surface area (Å²) >= 11 is 0. The van der Waals surface area contributed by atoms with Crippen LogP contribution >= 0.6 is 0 Å². The molecule has 0 N–H and O–H groups in total. The van der Waals surface area contributed by atoms with Crippen LogP contribution in [0.2, 0.25) is 0 Å². The van der Waals surface area contributed by atoms with E-state index in [0.717, 1.165) is 16.5 Å². The van der Waals surface area contributed by atoms with E-state index in [2.05, 4.69) is 12.1 Å². The second-order valence-electron chi connectivity index (χ2n) is 2.36. The summed E-state index contributed by atoms with van der Waals surface area (Å²) in [6.07, 6.45) is 1.69. The van der Waals surface area contributed by atoms with E-state index in [1.54, 1.807) is 6.26 Å². The van der Waals surface area contributed by atoms with E-state index in [4.69, 9.17) is 4.42 Å². The monoisotopic (exact) mass is 131 g/mol. The van der Waals surface area contributed by atoms with Crippen LogP contribution in [0.25, 0.3) is 11.0 Å². The first-order chi connectivity index (χ1) is 4.86. The molecule has 0 unspecified atom stereocenters. The molecule has 2 rings (SSSR count). The molecule has 2 aromatic rings. The second kappa shape index (κ2) is 1.87. The Morgan fingerprint density at radius 1 is 1.50 bits per heavy atom. The maximum Gasteiger partial charge on any atom is 0.134 e. The number of rotatable bonds is 0. The van der Waals surface area contributed by atoms with Gasteiger partial charge in [-0.15, -0.1) is 0 Å². The Morgan fingerprint density at radius 2 is 2.40 bits per heavy atom. The molecule has 1 nitrogen and oxygen atoms in total. The van der Waals surface area contributed by atoms with Crippen LogP contribution in [0.15, 0.2) is 28.9 Å². The van der Waals surface area contributed by atoms with Crippen molar-refractivity contribution in [3.63, 3.8) is 0 Å². The van der Waals surface area contributed by atoms with Gasteiger partial charge in [0.2, 0.25) is 0 Å². The Labute approximate surface area is 59.3 Å². The lowest BCUT2D eigenvalue weighted by molar-refractivity contribution is 0.616. The number of hydrogen-bond acceptors (Lipinski definition) is 1. The molecule has 0 bridgehead atoms. The highest BCUT2D eigenvalue weighted by Gasteiger charge is 1.93. The van der Waals surface area contributed by atoms with E-state index in [1.807, 2.05) is 19.1 Å². The summed E-state index contributed by atoms with van der Waals surface area (Å²) < 4.78 is 5.14. The molecule has 0 saturated heterocycles. The summed E-state index contributed by atoms with van der Waals surface area (Å²) in [7, 11) is 0. The predicted molar refractivity (Wildman–Crippen MR) is 39.8 cm³/mol. The molecule has 1 aromatic heterocycles. The van der Waals surface area contributed by atoms with Crippen molar-refractivity contribution < 1.29 is 4.42 Å². The van der Waals surface area contributed by atoms with E-state index in [0.29, 0.717) is 0 Å². The van der Waals surface area contributed by atoms with Crippen LogP contribution in [0.5, 0.6) is 0 Å². The Hall–Kier alpha value is -1.24. The van der Waals surface area contributed by atoms with Crippen LogP contribution in [0.3, 0.4) is 0 Å². The molecular weight excluding hydrogens is 124 g/mol. The maximum absolute atomic E-state index is 5.14. The number of fused-ring (bicyclic) bond motifs is 1. The number of furan rings is 1. The lowest BCUT2D eigenvalue weighted by atomic mass is 10.2. The van der Waals surface area contributed by atoms with E-state index < -0.39 is 0 Å². The average Bonchev–Trinajstić information content (AvgIpc) is 2.33. The van der Waals surface area contributed by atoms with Gasteiger partial charge >= 0.3 is 0 Å². The molecule has 0 aliphatic heterocycles. The summed E-state index contributed by atoms with van der Waals surface area (Å²) in [5.74, 6) is 0. The number of aryl methyl sites for hydroxylation is 1. The van der Waals surface area contributed by atoms with Crippen molar-refractivity contribution >= 4 is 11.0 Å². The van der Waals surface area contributed by atoms with Gasteiger partial charge in [0.25, 0.3) is 0 Å². The van der Waals surface area contributed by atoms with Crippen molar-refractivity contribution in [1.82, 2.24) is 0 Å². The summed E-state index contributed by atoms with van der Waals surface area (Å²) in [6, 6.07) is 8.94. The molecular formula is C9H7O. The predicted octanol–water partition coefficient (Wildman–Crippen LogP) is 2.54. The molecule has 1 heteroatoms. The minimum absolute atomic E-state index is 0.908. The zero-order chi connectivity index (χ0) is 6.97. The summed E-state index contributed by atoms with van der Waals surface area (Å²) in [4.78, 5) is 0. The first-order valence-corrected chi connectivity index (χ1v) is 3.22. The van der Waals surface area contributed by atoms with Gasteiger partial charge in [-0.2, -0.15) is 0 Å². The third-order valence-electron chi connectivity index (χ3n) is 1.53. The fraction of sp³-hybridized carbons (Fsp3) is 0.111. The minimum atomic E-state index is 0.908. The van der Waals surface area contributed by atoms with E-state index in [9.17, 15) is 0 Å². The van der Waals surface area contributed by atoms with Crippen molar-refractivity contribution in [2.75, 3.05) is 0 Å². The first-order valence-electron chi connectivity index (χ1n) is 3.22. The zero-order valence-corrected chi connectivity index (χ0v) is 5.72. The topological polar surface area (TPSA) is 13.1 Å². The molecule has 0 amide bonds. The van der Waals surface area contributed by atoms with Crippen LogP contribution in [0.1, 0.15) is 5.56 Å². The van der Waals surface area contributed by atoms with Crippen LogP contribution in [-0.4, -0.2) is 0 Å². The summed E-state index contributed by atoms with van der Waals surface area (Å²) in [5.41, 5.74) is 2.06. The molecule has 10 heavy (non-hydrogen) atoms. The second-order valence-corrected chi connectivity index (χ2v) is 2.36.